The zero-order chi connectivity index (χ0) is 22.5. The number of nitrogens with one attached hydrogen (secondary N) is 1. The minimum atomic E-state index is -0.636. The summed E-state index contributed by atoms with van der Waals surface area (Å²) in [5.41, 5.74) is 2.70. The van der Waals surface area contributed by atoms with Crippen molar-refractivity contribution in [2.75, 3.05) is 6.61 Å². The maximum Gasteiger partial charge on any atom is 0.261 e. The largest absolute Gasteiger partial charge is 0.484 e. The number of aryl methyl sites for hydroxylation is 2. The molecule has 2 rings (SSSR count). The summed E-state index contributed by atoms with van der Waals surface area (Å²) in [6.45, 7) is 11.7. The van der Waals surface area contributed by atoms with Crippen LogP contribution in [0.4, 0.5) is 0 Å². The van der Waals surface area contributed by atoms with E-state index in [1.165, 1.54) is 0 Å². The highest BCUT2D eigenvalue weighted by Gasteiger charge is 2.28. The summed E-state index contributed by atoms with van der Waals surface area (Å²) in [7, 11) is 0. The lowest BCUT2D eigenvalue weighted by Crippen LogP contribution is -2.53. The highest BCUT2D eigenvalue weighted by molar-refractivity contribution is 9.10. The summed E-state index contributed by atoms with van der Waals surface area (Å²) in [6.07, 6.45) is 0. The Morgan fingerprint density at radius 3 is 2.17 bits per heavy atom. The third-order valence-corrected chi connectivity index (χ3v) is 5.02. The number of hydrogen-bond acceptors (Lipinski definition) is 3. The summed E-state index contributed by atoms with van der Waals surface area (Å²) >= 11 is 3.42. The maximum absolute atomic E-state index is 13.1. The van der Waals surface area contributed by atoms with Crippen LogP contribution in [0.1, 0.15) is 44.4 Å². The standard InChI is InChI=1S/C24H31BrN2O3/c1-16-11-17(2)13-21(12-16)30-15-22(28)27(14-19-7-9-20(25)10-8-19)18(3)23(29)26-24(4,5)6/h7-13,18H,14-15H2,1-6H3,(H,26,29)/t18-/m1/s1. The van der Waals surface area contributed by atoms with Crippen LogP contribution in [-0.4, -0.2) is 34.9 Å². The molecule has 0 aliphatic rings. The summed E-state index contributed by atoms with van der Waals surface area (Å²) in [5.74, 6) is 0.212. The minimum absolute atomic E-state index is 0.132. The van der Waals surface area contributed by atoms with Crippen LogP contribution < -0.4 is 10.1 Å². The zero-order valence-corrected chi connectivity index (χ0v) is 20.2. The van der Waals surface area contributed by atoms with Crippen LogP contribution in [-0.2, 0) is 16.1 Å². The lowest BCUT2D eigenvalue weighted by atomic mass is 10.1. The summed E-state index contributed by atoms with van der Waals surface area (Å²) in [4.78, 5) is 27.4. The van der Waals surface area contributed by atoms with Crippen molar-refractivity contribution < 1.29 is 14.3 Å². The van der Waals surface area contributed by atoms with Crippen LogP contribution in [0.2, 0.25) is 0 Å². The highest BCUT2D eigenvalue weighted by atomic mass is 79.9. The van der Waals surface area contributed by atoms with Gasteiger partial charge in [-0.05, 0) is 82.5 Å². The molecule has 0 aliphatic heterocycles. The molecule has 0 heterocycles. The number of ether oxygens (including phenoxy) is 1. The fourth-order valence-electron chi connectivity index (χ4n) is 3.09. The molecule has 5 nitrogen and oxygen atoms in total. The first-order valence-corrected chi connectivity index (χ1v) is 10.8. The fourth-order valence-corrected chi connectivity index (χ4v) is 3.35. The quantitative estimate of drug-likeness (QED) is 0.628. The number of carbonyl (C=O) groups excluding carboxylic acids is 2. The second-order valence-corrected chi connectivity index (χ2v) is 9.59. The van der Waals surface area contributed by atoms with Crippen molar-refractivity contribution in [1.29, 1.82) is 0 Å². The van der Waals surface area contributed by atoms with Gasteiger partial charge in [0, 0.05) is 16.6 Å². The Balaban J connectivity index is 2.18. The number of benzene rings is 2. The Bertz CT molecular complexity index is 868. The molecule has 0 saturated heterocycles. The van der Waals surface area contributed by atoms with Gasteiger partial charge < -0.3 is 15.0 Å². The van der Waals surface area contributed by atoms with Crippen LogP contribution in [0, 0.1) is 13.8 Å². The van der Waals surface area contributed by atoms with E-state index >= 15 is 0 Å². The molecule has 0 fully saturated rings. The number of halogens is 1. The van der Waals surface area contributed by atoms with Gasteiger partial charge in [0.2, 0.25) is 5.91 Å². The molecular formula is C24H31BrN2O3. The van der Waals surface area contributed by atoms with Crippen molar-refractivity contribution in [1.82, 2.24) is 10.2 Å². The fraction of sp³-hybridized carbons (Fsp3) is 0.417. The molecule has 0 aliphatic carbocycles. The molecule has 2 aromatic carbocycles. The molecule has 2 amide bonds. The van der Waals surface area contributed by atoms with E-state index in [1.807, 2.05) is 77.1 Å². The average Bonchev–Trinajstić information content (AvgIpc) is 2.63. The van der Waals surface area contributed by atoms with E-state index < -0.39 is 6.04 Å². The molecule has 0 unspecified atom stereocenters. The lowest BCUT2D eigenvalue weighted by Gasteiger charge is -2.31. The zero-order valence-electron chi connectivity index (χ0n) is 18.6. The third kappa shape index (κ3) is 7.48. The molecule has 0 saturated carbocycles. The minimum Gasteiger partial charge on any atom is -0.484 e. The Labute approximate surface area is 187 Å². The lowest BCUT2D eigenvalue weighted by molar-refractivity contribution is -0.142. The molecule has 6 heteroatoms. The van der Waals surface area contributed by atoms with E-state index in [4.69, 9.17) is 4.74 Å². The number of amides is 2. The van der Waals surface area contributed by atoms with Gasteiger partial charge in [0.1, 0.15) is 11.8 Å². The molecule has 162 valence electrons. The van der Waals surface area contributed by atoms with E-state index in [9.17, 15) is 9.59 Å². The summed E-state index contributed by atoms with van der Waals surface area (Å²) in [5, 5.41) is 2.96. The number of hydrogen-bond donors (Lipinski definition) is 1. The van der Waals surface area contributed by atoms with Crippen molar-refractivity contribution in [3.8, 4) is 5.75 Å². The first-order valence-electron chi connectivity index (χ1n) is 10.0. The van der Waals surface area contributed by atoms with E-state index in [1.54, 1.807) is 11.8 Å². The SMILES string of the molecule is Cc1cc(C)cc(OCC(=O)N(Cc2ccc(Br)cc2)[C@H](C)C(=O)NC(C)(C)C)c1. The Morgan fingerprint density at radius 2 is 1.63 bits per heavy atom. The van der Waals surface area contributed by atoms with Gasteiger partial charge in [-0.15, -0.1) is 0 Å². The smallest absolute Gasteiger partial charge is 0.261 e. The van der Waals surface area contributed by atoms with Crippen molar-refractivity contribution in [3.05, 3.63) is 63.6 Å². The van der Waals surface area contributed by atoms with Gasteiger partial charge in [0.05, 0.1) is 0 Å². The number of rotatable bonds is 7. The monoisotopic (exact) mass is 474 g/mol. The predicted molar refractivity (Wildman–Crippen MR) is 123 cm³/mol. The molecule has 1 N–H and O–H groups in total. The van der Waals surface area contributed by atoms with Crippen LogP contribution in [0.15, 0.2) is 46.9 Å². The van der Waals surface area contributed by atoms with Gasteiger partial charge in [0.25, 0.3) is 5.91 Å². The van der Waals surface area contributed by atoms with Crippen LogP contribution >= 0.6 is 15.9 Å². The van der Waals surface area contributed by atoms with Gasteiger partial charge in [-0.1, -0.05) is 34.1 Å². The Morgan fingerprint density at radius 1 is 1.07 bits per heavy atom. The van der Waals surface area contributed by atoms with Crippen molar-refractivity contribution in [2.24, 2.45) is 0 Å². The number of carbonyl (C=O) groups is 2. The molecule has 30 heavy (non-hydrogen) atoms. The molecule has 0 aromatic heterocycles. The van der Waals surface area contributed by atoms with Gasteiger partial charge in [-0.2, -0.15) is 0 Å². The van der Waals surface area contributed by atoms with Crippen molar-refractivity contribution in [2.45, 2.75) is 59.7 Å². The summed E-state index contributed by atoms with van der Waals surface area (Å²) < 4.78 is 6.73. The van der Waals surface area contributed by atoms with Crippen molar-refractivity contribution >= 4 is 27.7 Å². The van der Waals surface area contributed by atoms with Crippen LogP contribution in [0.3, 0.4) is 0 Å². The maximum atomic E-state index is 13.1. The van der Waals surface area contributed by atoms with Crippen LogP contribution in [0.5, 0.6) is 5.75 Å². The first-order chi connectivity index (χ1) is 13.9. The molecule has 0 bridgehead atoms. The molecule has 2 aromatic rings. The molecule has 0 spiro atoms. The highest BCUT2D eigenvalue weighted by Crippen LogP contribution is 2.18. The van der Waals surface area contributed by atoms with E-state index in [2.05, 4.69) is 21.2 Å². The normalized spacial score (nSPS) is 12.2. The molecule has 0 radical (unpaired) electrons. The topological polar surface area (TPSA) is 58.6 Å². The number of nitrogens with zero attached hydrogens (tertiary/aromatic N) is 1. The Hall–Kier alpha value is -2.34. The average molecular weight is 475 g/mol. The van der Waals surface area contributed by atoms with Gasteiger partial charge in [-0.3, -0.25) is 9.59 Å². The van der Waals surface area contributed by atoms with E-state index in [0.717, 1.165) is 21.2 Å². The molecular weight excluding hydrogens is 444 g/mol. The second-order valence-electron chi connectivity index (χ2n) is 8.68. The third-order valence-electron chi connectivity index (χ3n) is 4.49. The van der Waals surface area contributed by atoms with E-state index in [0.29, 0.717) is 12.3 Å². The second kappa shape index (κ2) is 10.1. The predicted octanol–water partition coefficient (Wildman–Crippen LogP) is 4.78. The Kier molecular flexibility index (Phi) is 8.07. The van der Waals surface area contributed by atoms with Gasteiger partial charge >= 0.3 is 0 Å². The van der Waals surface area contributed by atoms with Gasteiger partial charge in [0.15, 0.2) is 6.61 Å². The van der Waals surface area contributed by atoms with E-state index in [-0.39, 0.29) is 24.0 Å². The molecule has 1 atom stereocenters. The van der Waals surface area contributed by atoms with Gasteiger partial charge in [-0.25, -0.2) is 0 Å². The van der Waals surface area contributed by atoms with Crippen molar-refractivity contribution in [3.63, 3.8) is 0 Å². The van der Waals surface area contributed by atoms with Crippen LogP contribution in [0.25, 0.3) is 0 Å². The summed E-state index contributed by atoms with van der Waals surface area (Å²) in [6, 6.07) is 12.9. The first kappa shape index (κ1) is 23.9.